The molecular weight excluding hydrogens is 296 g/mol. The highest BCUT2D eigenvalue weighted by molar-refractivity contribution is 6.01. The molecule has 2 rings (SSSR count). The van der Waals surface area contributed by atoms with Crippen LogP contribution in [0.25, 0.3) is 0 Å². The first-order chi connectivity index (χ1) is 11.6. The molecule has 0 heterocycles. The van der Waals surface area contributed by atoms with Gasteiger partial charge in [0.05, 0.1) is 5.92 Å². The zero-order valence-electron chi connectivity index (χ0n) is 13.7. The van der Waals surface area contributed by atoms with E-state index in [2.05, 4.69) is 23.7 Å². The molecule has 0 saturated heterocycles. The van der Waals surface area contributed by atoms with Crippen LogP contribution in [-0.2, 0) is 9.59 Å². The van der Waals surface area contributed by atoms with Gasteiger partial charge in [-0.15, -0.1) is 0 Å². The van der Waals surface area contributed by atoms with Crippen molar-refractivity contribution < 1.29 is 9.59 Å². The fourth-order valence-corrected chi connectivity index (χ4v) is 2.32. The summed E-state index contributed by atoms with van der Waals surface area (Å²) in [6, 6.07) is 18.9. The maximum atomic E-state index is 11.9. The van der Waals surface area contributed by atoms with E-state index in [9.17, 15) is 9.59 Å². The van der Waals surface area contributed by atoms with Crippen molar-refractivity contribution in [2.24, 2.45) is 11.8 Å². The Bertz CT molecular complexity index is 756. The second-order valence-corrected chi connectivity index (χ2v) is 5.45. The summed E-state index contributed by atoms with van der Waals surface area (Å²) in [5.74, 6) is 10.2. The summed E-state index contributed by atoms with van der Waals surface area (Å²) in [5, 5.41) is 0. The van der Waals surface area contributed by atoms with Crippen molar-refractivity contribution in [3.05, 3.63) is 71.8 Å². The predicted molar refractivity (Wildman–Crippen MR) is 95.0 cm³/mol. The Morgan fingerprint density at radius 2 is 1.08 bits per heavy atom. The monoisotopic (exact) mass is 314 g/mol. The highest BCUT2D eigenvalue weighted by atomic mass is 16.1. The molecule has 0 amide bonds. The normalized spacial score (nSPS) is 9.67. The van der Waals surface area contributed by atoms with E-state index < -0.39 is 11.8 Å². The molecule has 24 heavy (non-hydrogen) atoms. The molecule has 0 saturated carbocycles. The van der Waals surface area contributed by atoms with Crippen molar-refractivity contribution in [1.29, 1.82) is 0 Å². The molecule has 0 aliphatic rings. The van der Waals surface area contributed by atoms with Crippen LogP contribution in [0.5, 0.6) is 0 Å². The van der Waals surface area contributed by atoms with E-state index in [1.807, 2.05) is 60.7 Å². The predicted octanol–water partition coefficient (Wildman–Crippen LogP) is 3.50. The second-order valence-electron chi connectivity index (χ2n) is 5.45. The van der Waals surface area contributed by atoms with Crippen molar-refractivity contribution in [2.75, 3.05) is 0 Å². The molecule has 0 fully saturated rings. The number of ketones is 2. The first-order valence-electron chi connectivity index (χ1n) is 7.72. The smallest absolute Gasteiger partial charge is 0.142 e. The van der Waals surface area contributed by atoms with Crippen molar-refractivity contribution in [3.63, 3.8) is 0 Å². The number of Topliss-reactive ketones (excluding diaryl/α,β-unsaturated/α-hetero) is 2. The number of carbonyl (C=O) groups excluding carboxylic acids is 2. The third kappa shape index (κ3) is 4.97. The Balaban J connectivity index is 2.38. The average Bonchev–Trinajstić information content (AvgIpc) is 2.58. The van der Waals surface area contributed by atoms with Crippen LogP contribution in [0.3, 0.4) is 0 Å². The summed E-state index contributed by atoms with van der Waals surface area (Å²) < 4.78 is 0. The summed E-state index contributed by atoms with van der Waals surface area (Å²) in [4.78, 5) is 23.8. The van der Waals surface area contributed by atoms with Gasteiger partial charge in [0, 0.05) is 11.1 Å². The summed E-state index contributed by atoms with van der Waals surface area (Å²) in [6.07, 6.45) is 0. The fraction of sp³-hybridized carbons (Fsp3) is 0.182. The second kappa shape index (κ2) is 8.51. The molecule has 0 atom stereocenters. The zero-order valence-corrected chi connectivity index (χ0v) is 13.7. The van der Waals surface area contributed by atoms with Gasteiger partial charge in [-0.3, -0.25) is 9.59 Å². The molecule has 0 bridgehead atoms. The van der Waals surface area contributed by atoms with E-state index in [1.165, 1.54) is 13.8 Å². The van der Waals surface area contributed by atoms with Crippen molar-refractivity contribution in [2.45, 2.75) is 13.8 Å². The lowest BCUT2D eigenvalue weighted by atomic mass is 9.86. The van der Waals surface area contributed by atoms with Crippen LogP contribution >= 0.6 is 0 Å². The Kier molecular flexibility index (Phi) is 6.12. The van der Waals surface area contributed by atoms with Gasteiger partial charge in [0.25, 0.3) is 0 Å². The van der Waals surface area contributed by atoms with Crippen LogP contribution in [0.2, 0.25) is 0 Å². The minimum Gasteiger partial charge on any atom is -0.299 e. The lowest BCUT2D eigenvalue weighted by Crippen LogP contribution is -2.26. The first-order valence-corrected chi connectivity index (χ1v) is 7.72. The van der Waals surface area contributed by atoms with Gasteiger partial charge in [-0.2, -0.15) is 0 Å². The molecule has 0 N–H and O–H groups in total. The molecule has 2 nitrogen and oxygen atoms in total. The maximum Gasteiger partial charge on any atom is 0.142 e. The lowest BCUT2D eigenvalue weighted by Gasteiger charge is -2.12. The van der Waals surface area contributed by atoms with Crippen LogP contribution in [0, 0.1) is 35.5 Å². The van der Waals surface area contributed by atoms with Gasteiger partial charge in [-0.1, -0.05) is 60.1 Å². The molecule has 0 aromatic heterocycles. The summed E-state index contributed by atoms with van der Waals surface area (Å²) >= 11 is 0. The molecule has 0 unspecified atom stereocenters. The number of benzene rings is 2. The van der Waals surface area contributed by atoms with Gasteiger partial charge in [0.2, 0.25) is 0 Å². The minimum absolute atomic E-state index is 0.211. The van der Waals surface area contributed by atoms with Gasteiger partial charge in [0.15, 0.2) is 0 Å². The molecule has 0 radical (unpaired) electrons. The third-order valence-electron chi connectivity index (χ3n) is 3.50. The van der Waals surface area contributed by atoms with Crippen molar-refractivity contribution in [1.82, 2.24) is 0 Å². The zero-order chi connectivity index (χ0) is 17.4. The SMILES string of the molecule is CC(=O)C(C(C)=O)C(C#Cc1ccccc1)C#Cc1ccccc1. The largest absolute Gasteiger partial charge is 0.299 e. The van der Waals surface area contributed by atoms with Crippen LogP contribution < -0.4 is 0 Å². The molecule has 0 spiro atoms. The van der Waals surface area contributed by atoms with Crippen LogP contribution in [-0.4, -0.2) is 11.6 Å². The van der Waals surface area contributed by atoms with E-state index in [0.29, 0.717) is 0 Å². The Labute approximate surface area is 142 Å². The van der Waals surface area contributed by atoms with Gasteiger partial charge >= 0.3 is 0 Å². The lowest BCUT2D eigenvalue weighted by molar-refractivity contribution is -0.131. The van der Waals surface area contributed by atoms with Crippen molar-refractivity contribution >= 4 is 11.6 Å². The third-order valence-corrected chi connectivity index (χ3v) is 3.50. The van der Waals surface area contributed by atoms with E-state index >= 15 is 0 Å². The Morgan fingerprint density at radius 1 is 0.708 bits per heavy atom. The average molecular weight is 314 g/mol. The van der Waals surface area contributed by atoms with Gasteiger partial charge < -0.3 is 0 Å². The molecule has 0 aliphatic carbocycles. The van der Waals surface area contributed by atoms with E-state index in [1.54, 1.807) is 0 Å². The highest BCUT2D eigenvalue weighted by Gasteiger charge is 2.27. The number of carbonyl (C=O) groups is 2. The molecule has 2 heteroatoms. The molecule has 0 aliphatic heterocycles. The molecular formula is C22H18O2. The summed E-state index contributed by atoms with van der Waals surface area (Å²) in [7, 11) is 0. The van der Waals surface area contributed by atoms with E-state index in [4.69, 9.17) is 0 Å². The first kappa shape index (κ1) is 17.3. The Morgan fingerprint density at radius 3 is 1.42 bits per heavy atom. The van der Waals surface area contributed by atoms with Gasteiger partial charge in [-0.05, 0) is 38.1 Å². The minimum atomic E-state index is -0.822. The van der Waals surface area contributed by atoms with Crippen molar-refractivity contribution in [3.8, 4) is 23.7 Å². The van der Waals surface area contributed by atoms with Crippen LogP contribution in [0.4, 0.5) is 0 Å². The van der Waals surface area contributed by atoms with Gasteiger partial charge in [-0.25, -0.2) is 0 Å². The number of hydrogen-bond donors (Lipinski definition) is 0. The highest BCUT2D eigenvalue weighted by Crippen LogP contribution is 2.14. The standard InChI is InChI=1S/C22H18O2/c1-17(23)22(18(2)24)21(15-13-19-9-5-3-6-10-19)16-14-20-11-7-4-8-12-20/h3-12,21-22H,1-2H3. The molecule has 2 aromatic rings. The molecule has 118 valence electrons. The Hall–Kier alpha value is -3.10. The van der Waals surface area contributed by atoms with E-state index in [0.717, 1.165) is 11.1 Å². The van der Waals surface area contributed by atoms with Gasteiger partial charge in [0.1, 0.15) is 17.5 Å². The number of hydrogen-bond acceptors (Lipinski definition) is 2. The quantitative estimate of drug-likeness (QED) is 0.642. The molecule has 2 aromatic carbocycles. The fourth-order valence-electron chi connectivity index (χ4n) is 2.32. The number of rotatable bonds is 3. The maximum absolute atomic E-state index is 11.9. The topological polar surface area (TPSA) is 34.1 Å². The summed E-state index contributed by atoms with van der Waals surface area (Å²) in [6.45, 7) is 2.82. The van der Waals surface area contributed by atoms with E-state index in [-0.39, 0.29) is 11.6 Å². The summed E-state index contributed by atoms with van der Waals surface area (Å²) in [5.41, 5.74) is 1.66. The van der Waals surface area contributed by atoms with Crippen LogP contribution in [0.1, 0.15) is 25.0 Å². The van der Waals surface area contributed by atoms with Crippen LogP contribution in [0.15, 0.2) is 60.7 Å².